The van der Waals surface area contributed by atoms with Gasteiger partial charge in [0.15, 0.2) is 0 Å². The number of carbonyl (C=O) groups is 2. The molecule has 1 atom stereocenters. The number of sulfonamides is 1. The van der Waals surface area contributed by atoms with E-state index in [0.29, 0.717) is 12.1 Å². The maximum Gasteiger partial charge on any atom is 0.264 e. The number of anilines is 1. The molecule has 3 aromatic carbocycles. The van der Waals surface area contributed by atoms with E-state index in [4.69, 9.17) is 0 Å². The van der Waals surface area contributed by atoms with E-state index in [1.807, 2.05) is 58.0 Å². The minimum absolute atomic E-state index is 0.105. The quantitative estimate of drug-likeness (QED) is 0.319. The lowest BCUT2D eigenvalue weighted by molar-refractivity contribution is -0.140. The van der Waals surface area contributed by atoms with Gasteiger partial charge in [-0.15, -0.1) is 0 Å². The summed E-state index contributed by atoms with van der Waals surface area (Å²) in [6.07, 6.45) is 4.44. The summed E-state index contributed by atoms with van der Waals surface area (Å²) in [7, 11) is -4.08. The number of hydrogen-bond donors (Lipinski definition) is 1. The standard InChI is InChI=1S/C33H41N3O4S/c1-5-31(33(38)34-28-14-8-9-15-28)35(22-27-13-7-6-12-26(27)4)32(37)23-36(29-16-10-11-25(3)21-29)41(39,40)30-19-17-24(2)18-20-30/h6-7,10-13,16-21,28,31H,5,8-9,14-15,22-23H2,1-4H3,(H,34,38)/t31-/m1/s1. The lowest BCUT2D eigenvalue weighted by Gasteiger charge is -2.34. The van der Waals surface area contributed by atoms with Gasteiger partial charge >= 0.3 is 0 Å². The molecular formula is C33H41N3O4S. The van der Waals surface area contributed by atoms with Crippen LogP contribution in [0.1, 0.15) is 61.3 Å². The van der Waals surface area contributed by atoms with Crippen LogP contribution in [0.3, 0.4) is 0 Å². The molecule has 3 aromatic rings. The Balaban J connectivity index is 1.72. The Labute approximate surface area is 244 Å². The first-order valence-electron chi connectivity index (χ1n) is 14.4. The fourth-order valence-corrected chi connectivity index (χ4v) is 6.81. The molecule has 4 rings (SSSR count). The number of amides is 2. The van der Waals surface area contributed by atoms with Crippen molar-refractivity contribution in [3.8, 4) is 0 Å². The highest BCUT2D eigenvalue weighted by Crippen LogP contribution is 2.26. The zero-order valence-electron chi connectivity index (χ0n) is 24.5. The molecule has 41 heavy (non-hydrogen) atoms. The second-order valence-corrected chi connectivity index (χ2v) is 12.9. The van der Waals surface area contributed by atoms with Gasteiger partial charge in [-0.05, 0) is 81.0 Å². The van der Waals surface area contributed by atoms with Gasteiger partial charge in [-0.3, -0.25) is 13.9 Å². The van der Waals surface area contributed by atoms with Crippen LogP contribution in [0.15, 0.2) is 77.7 Å². The normalized spacial score (nSPS) is 14.4. The van der Waals surface area contributed by atoms with Crippen molar-refractivity contribution < 1.29 is 18.0 Å². The van der Waals surface area contributed by atoms with Gasteiger partial charge in [-0.1, -0.05) is 73.9 Å². The lowest BCUT2D eigenvalue weighted by atomic mass is 10.1. The molecule has 218 valence electrons. The molecule has 0 aliphatic heterocycles. The number of nitrogens with one attached hydrogen (secondary N) is 1. The van der Waals surface area contributed by atoms with E-state index in [9.17, 15) is 18.0 Å². The van der Waals surface area contributed by atoms with E-state index in [0.717, 1.165) is 47.9 Å². The summed E-state index contributed by atoms with van der Waals surface area (Å²) in [5.74, 6) is -0.622. The van der Waals surface area contributed by atoms with E-state index in [1.54, 1.807) is 47.4 Å². The van der Waals surface area contributed by atoms with E-state index in [-0.39, 0.29) is 23.4 Å². The molecule has 0 unspecified atom stereocenters. The highest BCUT2D eigenvalue weighted by Gasteiger charge is 2.34. The van der Waals surface area contributed by atoms with Gasteiger partial charge in [-0.25, -0.2) is 8.42 Å². The second kappa shape index (κ2) is 13.3. The fraction of sp³-hybridized carbons (Fsp3) is 0.394. The monoisotopic (exact) mass is 575 g/mol. The maximum absolute atomic E-state index is 14.2. The summed E-state index contributed by atoms with van der Waals surface area (Å²) in [5.41, 5.74) is 4.12. The van der Waals surface area contributed by atoms with E-state index >= 15 is 0 Å². The van der Waals surface area contributed by atoms with Crippen molar-refractivity contribution in [1.29, 1.82) is 0 Å². The SMILES string of the molecule is CC[C@H](C(=O)NC1CCCC1)N(Cc1ccccc1C)C(=O)CN(c1cccc(C)c1)S(=O)(=O)c1ccc(C)cc1. The molecule has 0 bridgehead atoms. The van der Waals surface area contributed by atoms with Crippen LogP contribution in [-0.4, -0.2) is 43.8 Å². The Morgan fingerprint density at radius 3 is 2.22 bits per heavy atom. The molecule has 0 aromatic heterocycles. The van der Waals surface area contributed by atoms with Gasteiger partial charge in [0.1, 0.15) is 12.6 Å². The first-order valence-corrected chi connectivity index (χ1v) is 15.8. The number of carbonyl (C=O) groups excluding carboxylic acids is 2. The minimum atomic E-state index is -4.08. The number of aryl methyl sites for hydroxylation is 3. The molecule has 1 N–H and O–H groups in total. The van der Waals surface area contributed by atoms with Crippen LogP contribution in [0, 0.1) is 20.8 Å². The van der Waals surface area contributed by atoms with Crippen molar-refractivity contribution in [1.82, 2.24) is 10.2 Å². The lowest BCUT2D eigenvalue weighted by Crippen LogP contribution is -2.53. The van der Waals surface area contributed by atoms with E-state index in [2.05, 4.69) is 5.32 Å². The zero-order chi connectivity index (χ0) is 29.6. The Kier molecular flexibility index (Phi) is 9.86. The Hall–Kier alpha value is -3.65. The van der Waals surface area contributed by atoms with Crippen LogP contribution >= 0.6 is 0 Å². The van der Waals surface area contributed by atoms with Crippen LogP contribution in [0.5, 0.6) is 0 Å². The van der Waals surface area contributed by atoms with Crippen molar-refractivity contribution in [2.24, 2.45) is 0 Å². The molecule has 8 heteroatoms. The molecule has 0 saturated heterocycles. The smallest absolute Gasteiger partial charge is 0.264 e. The maximum atomic E-state index is 14.2. The van der Waals surface area contributed by atoms with Crippen molar-refractivity contribution in [3.05, 3.63) is 95.1 Å². The Bertz CT molecular complexity index is 1460. The topological polar surface area (TPSA) is 86.8 Å². The zero-order valence-corrected chi connectivity index (χ0v) is 25.3. The number of rotatable bonds is 11. The molecule has 2 amide bonds. The first-order chi connectivity index (χ1) is 19.6. The van der Waals surface area contributed by atoms with Crippen LogP contribution in [0.25, 0.3) is 0 Å². The number of hydrogen-bond acceptors (Lipinski definition) is 4. The number of nitrogens with zero attached hydrogens (tertiary/aromatic N) is 2. The molecule has 1 saturated carbocycles. The molecule has 7 nitrogen and oxygen atoms in total. The summed E-state index contributed by atoms with van der Waals surface area (Å²) in [6.45, 7) is 7.40. The van der Waals surface area contributed by atoms with E-state index in [1.165, 1.54) is 4.31 Å². The van der Waals surface area contributed by atoms with E-state index < -0.39 is 28.5 Å². The first kappa shape index (κ1) is 30.3. The van der Waals surface area contributed by atoms with Crippen LogP contribution in [-0.2, 0) is 26.2 Å². The summed E-state index contributed by atoms with van der Waals surface area (Å²) in [5, 5.41) is 3.15. The average molecular weight is 576 g/mol. The van der Waals surface area contributed by atoms with Crippen molar-refractivity contribution >= 4 is 27.5 Å². The summed E-state index contributed by atoms with van der Waals surface area (Å²) < 4.78 is 29.2. The van der Waals surface area contributed by atoms with Crippen LogP contribution in [0.4, 0.5) is 5.69 Å². The minimum Gasteiger partial charge on any atom is -0.352 e. The Morgan fingerprint density at radius 2 is 1.59 bits per heavy atom. The molecule has 1 fully saturated rings. The predicted molar refractivity (Wildman–Crippen MR) is 163 cm³/mol. The molecule has 0 spiro atoms. The van der Waals surface area contributed by atoms with Gasteiger partial charge < -0.3 is 10.2 Å². The summed E-state index contributed by atoms with van der Waals surface area (Å²) in [6, 6.07) is 20.9. The van der Waals surface area contributed by atoms with Crippen molar-refractivity contribution in [2.45, 2.75) is 83.3 Å². The molecule has 0 heterocycles. The van der Waals surface area contributed by atoms with Gasteiger partial charge in [0.05, 0.1) is 10.6 Å². The van der Waals surface area contributed by atoms with Gasteiger partial charge in [0.2, 0.25) is 11.8 Å². The van der Waals surface area contributed by atoms with Gasteiger partial charge in [0.25, 0.3) is 10.0 Å². The largest absolute Gasteiger partial charge is 0.352 e. The third-order valence-electron chi connectivity index (χ3n) is 7.87. The predicted octanol–water partition coefficient (Wildman–Crippen LogP) is 5.67. The number of benzene rings is 3. The summed E-state index contributed by atoms with van der Waals surface area (Å²) >= 11 is 0. The average Bonchev–Trinajstić information content (AvgIpc) is 3.45. The van der Waals surface area contributed by atoms with Crippen molar-refractivity contribution in [3.63, 3.8) is 0 Å². The third kappa shape index (κ3) is 7.36. The van der Waals surface area contributed by atoms with Crippen molar-refractivity contribution in [2.75, 3.05) is 10.8 Å². The van der Waals surface area contributed by atoms with Crippen LogP contribution in [0.2, 0.25) is 0 Å². The third-order valence-corrected chi connectivity index (χ3v) is 9.65. The highest BCUT2D eigenvalue weighted by molar-refractivity contribution is 7.92. The van der Waals surface area contributed by atoms with Crippen LogP contribution < -0.4 is 9.62 Å². The second-order valence-electron chi connectivity index (χ2n) is 11.0. The Morgan fingerprint density at radius 1 is 0.902 bits per heavy atom. The van der Waals surface area contributed by atoms with Gasteiger partial charge in [-0.2, -0.15) is 0 Å². The molecule has 1 aliphatic rings. The fourth-order valence-electron chi connectivity index (χ4n) is 5.41. The molecule has 1 aliphatic carbocycles. The molecular weight excluding hydrogens is 534 g/mol. The molecule has 0 radical (unpaired) electrons. The summed E-state index contributed by atoms with van der Waals surface area (Å²) in [4.78, 5) is 29.5. The van der Waals surface area contributed by atoms with Gasteiger partial charge in [0, 0.05) is 12.6 Å². The highest BCUT2D eigenvalue weighted by atomic mass is 32.2.